The van der Waals surface area contributed by atoms with Crippen LogP contribution in [0.1, 0.15) is 105 Å². The van der Waals surface area contributed by atoms with Crippen molar-refractivity contribution in [2.45, 2.75) is 105 Å². The van der Waals surface area contributed by atoms with Crippen molar-refractivity contribution in [2.75, 3.05) is 0 Å². The van der Waals surface area contributed by atoms with Gasteiger partial charge in [-0.15, -0.1) is 0 Å². The second-order valence-electron chi connectivity index (χ2n) is 6.61. The topological polar surface area (TPSA) is 0 Å². The third kappa shape index (κ3) is 7.44. The Morgan fingerprint density at radius 3 is 1.72 bits per heavy atom. The van der Waals surface area contributed by atoms with Crippen molar-refractivity contribution in [3.8, 4) is 0 Å². The van der Waals surface area contributed by atoms with Crippen LogP contribution in [0.4, 0.5) is 0 Å². The van der Waals surface area contributed by atoms with Gasteiger partial charge in [-0.3, -0.25) is 0 Å². The van der Waals surface area contributed by atoms with Crippen LogP contribution in [0.5, 0.6) is 0 Å². The van der Waals surface area contributed by atoms with Crippen LogP contribution in [0, 0.1) is 11.3 Å². The maximum absolute atomic E-state index is 2.53. The molecule has 0 N–H and O–H groups in total. The van der Waals surface area contributed by atoms with E-state index in [1.165, 1.54) is 70.6 Å². The van der Waals surface area contributed by atoms with E-state index in [4.69, 9.17) is 0 Å². The fourth-order valence-electron chi connectivity index (χ4n) is 3.34. The van der Waals surface area contributed by atoms with Crippen LogP contribution in [0.25, 0.3) is 0 Å². The Balaban J connectivity index is 3.84. The van der Waals surface area contributed by atoms with Gasteiger partial charge in [0, 0.05) is 0 Å². The largest absolute Gasteiger partial charge is 0.0654 e. The molecule has 0 aliphatic carbocycles. The van der Waals surface area contributed by atoms with Crippen LogP contribution in [-0.4, -0.2) is 0 Å². The molecule has 0 saturated carbocycles. The summed E-state index contributed by atoms with van der Waals surface area (Å²) >= 11 is 0. The molecule has 0 heteroatoms. The van der Waals surface area contributed by atoms with Gasteiger partial charge in [0.25, 0.3) is 0 Å². The first-order valence-corrected chi connectivity index (χ1v) is 8.60. The predicted molar refractivity (Wildman–Crippen MR) is 85.1 cm³/mol. The van der Waals surface area contributed by atoms with E-state index in [2.05, 4.69) is 34.6 Å². The van der Waals surface area contributed by atoms with Crippen molar-refractivity contribution >= 4 is 0 Å². The summed E-state index contributed by atoms with van der Waals surface area (Å²) in [4.78, 5) is 0. The Kier molecular flexibility index (Phi) is 10.9. The van der Waals surface area contributed by atoms with E-state index in [1.807, 2.05) is 0 Å². The van der Waals surface area contributed by atoms with Gasteiger partial charge in [0.2, 0.25) is 0 Å². The lowest BCUT2D eigenvalue weighted by Gasteiger charge is -2.36. The molecule has 1 atom stereocenters. The minimum absolute atomic E-state index is 0.604. The van der Waals surface area contributed by atoms with Crippen LogP contribution in [-0.2, 0) is 0 Å². The zero-order chi connectivity index (χ0) is 13.9. The highest BCUT2D eigenvalue weighted by Gasteiger charge is 2.28. The lowest BCUT2D eigenvalue weighted by molar-refractivity contribution is 0.151. The van der Waals surface area contributed by atoms with Gasteiger partial charge >= 0.3 is 0 Å². The zero-order valence-electron chi connectivity index (χ0n) is 13.9. The van der Waals surface area contributed by atoms with E-state index in [-0.39, 0.29) is 0 Å². The maximum Gasteiger partial charge on any atom is -0.0300 e. The van der Waals surface area contributed by atoms with Crippen molar-refractivity contribution in [2.24, 2.45) is 11.3 Å². The molecule has 0 aliphatic heterocycles. The van der Waals surface area contributed by atoms with Gasteiger partial charge in [0.05, 0.1) is 0 Å². The lowest BCUT2D eigenvalue weighted by atomic mass is 9.70. The molecule has 0 aliphatic rings. The Hall–Kier alpha value is 0. The zero-order valence-corrected chi connectivity index (χ0v) is 13.9. The van der Waals surface area contributed by atoms with Gasteiger partial charge < -0.3 is 0 Å². The molecule has 18 heavy (non-hydrogen) atoms. The van der Waals surface area contributed by atoms with Crippen molar-refractivity contribution in [3.05, 3.63) is 0 Å². The Bertz CT molecular complexity index is 165. The fraction of sp³-hybridized carbons (Fsp3) is 1.00. The molecule has 0 amide bonds. The third-order valence-electron chi connectivity index (χ3n) is 4.82. The van der Waals surface area contributed by atoms with Gasteiger partial charge in [0.15, 0.2) is 0 Å². The van der Waals surface area contributed by atoms with Gasteiger partial charge in [-0.25, -0.2) is 0 Å². The molecule has 0 spiro atoms. The van der Waals surface area contributed by atoms with Crippen molar-refractivity contribution in [1.29, 1.82) is 0 Å². The van der Waals surface area contributed by atoms with E-state index in [0.29, 0.717) is 5.41 Å². The van der Waals surface area contributed by atoms with Gasteiger partial charge in [-0.1, -0.05) is 92.4 Å². The minimum atomic E-state index is 0.604. The molecule has 0 rings (SSSR count). The Morgan fingerprint density at radius 2 is 1.22 bits per heavy atom. The van der Waals surface area contributed by atoms with Crippen LogP contribution < -0.4 is 0 Å². The molecular weight excluding hydrogens is 216 g/mol. The molecule has 0 aromatic rings. The molecule has 0 nitrogen and oxygen atoms in total. The van der Waals surface area contributed by atoms with Crippen LogP contribution >= 0.6 is 0 Å². The molecular formula is C18H38. The number of hydrogen-bond acceptors (Lipinski definition) is 0. The van der Waals surface area contributed by atoms with Crippen molar-refractivity contribution < 1.29 is 0 Å². The molecule has 0 fully saturated rings. The van der Waals surface area contributed by atoms with Gasteiger partial charge in [0.1, 0.15) is 0 Å². The molecule has 0 aromatic carbocycles. The Morgan fingerprint density at radius 1 is 0.722 bits per heavy atom. The molecule has 0 saturated heterocycles. The fourth-order valence-corrected chi connectivity index (χ4v) is 3.34. The molecule has 110 valence electrons. The first kappa shape index (κ1) is 18.0. The van der Waals surface area contributed by atoms with Crippen LogP contribution in [0.3, 0.4) is 0 Å². The standard InChI is InChI=1S/C18H38/c1-6-9-10-11-12-13-14-17(4)18(5,15-7-2)16-8-3/h17H,6-16H2,1-5H3. The summed E-state index contributed by atoms with van der Waals surface area (Å²) in [6.07, 6.45) is 15.6. The summed E-state index contributed by atoms with van der Waals surface area (Å²) in [5.74, 6) is 0.906. The number of unbranched alkanes of at least 4 members (excludes halogenated alkanes) is 5. The second kappa shape index (κ2) is 10.9. The van der Waals surface area contributed by atoms with E-state index < -0.39 is 0 Å². The highest BCUT2D eigenvalue weighted by Crippen LogP contribution is 2.39. The van der Waals surface area contributed by atoms with Crippen molar-refractivity contribution in [1.82, 2.24) is 0 Å². The molecule has 0 heterocycles. The third-order valence-corrected chi connectivity index (χ3v) is 4.82. The van der Waals surface area contributed by atoms with Gasteiger partial charge in [-0.2, -0.15) is 0 Å². The summed E-state index contributed by atoms with van der Waals surface area (Å²) in [6.45, 7) is 12.0. The van der Waals surface area contributed by atoms with E-state index in [0.717, 1.165) is 5.92 Å². The smallest absolute Gasteiger partial charge is 0.0300 e. The molecule has 0 radical (unpaired) electrons. The average molecular weight is 255 g/mol. The summed E-state index contributed by atoms with van der Waals surface area (Å²) in [6, 6.07) is 0. The molecule has 0 aromatic heterocycles. The van der Waals surface area contributed by atoms with Crippen LogP contribution in [0.2, 0.25) is 0 Å². The first-order valence-electron chi connectivity index (χ1n) is 8.60. The summed E-state index contributed by atoms with van der Waals surface area (Å²) in [7, 11) is 0. The normalized spacial score (nSPS) is 13.8. The summed E-state index contributed by atoms with van der Waals surface area (Å²) < 4.78 is 0. The van der Waals surface area contributed by atoms with Crippen LogP contribution in [0.15, 0.2) is 0 Å². The maximum atomic E-state index is 2.53. The van der Waals surface area contributed by atoms with E-state index in [9.17, 15) is 0 Å². The summed E-state index contributed by atoms with van der Waals surface area (Å²) in [5.41, 5.74) is 0.604. The quantitative estimate of drug-likeness (QED) is 0.329. The molecule has 0 bridgehead atoms. The average Bonchev–Trinajstić information content (AvgIpc) is 2.34. The second-order valence-corrected chi connectivity index (χ2v) is 6.61. The Labute approximate surface area is 117 Å². The minimum Gasteiger partial charge on any atom is -0.0654 e. The number of hydrogen-bond donors (Lipinski definition) is 0. The SMILES string of the molecule is CCCCCCCCC(C)C(C)(CCC)CCC. The predicted octanol–water partition coefficient (Wildman–Crippen LogP) is 6.98. The highest BCUT2D eigenvalue weighted by atomic mass is 14.3. The van der Waals surface area contributed by atoms with E-state index in [1.54, 1.807) is 0 Å². The van der Waals surface area contributed by atoms with Gasteiger partial charge in [-0.05, 0) is 24.2 Å². The summed E-state index contributed by atoms with van der Waals surface area (Å²) in [5, 5.41) is 0. The molecule has 1 unspecified atom stereocenters. The first-order chi connectivity index (χ1) is 8.60. The van der Waals surface area contributed by atoms with E-state index >= 15 is 0 Å². The lowest BCUT2D eigenvalue weighted by Crippen LogP contribution is -2.25. The van der Waals surface area contributed by atoms with Crippen molar-refractivity contribution in [3.63, 3.8) is 0 Å². The monoisotopic (exact) mass is 254 g/mol. The number of rotatable bonds is 12. The highest BCUT2D eigenvalue weighted by molar-refractivity contribution is 4.79.